The lowest BCUT2D eigenvalue weighted by Crippen LogP contribution is -2.04. The highest BCUT2D eigenvalue weighted by Gasteiger charge is 2.10. The lowest BCUT2D eigenvalue weighted by molar-refractivity contribution is 0.235. The van der Waals surface area contributed by atoms with E-state index in [0.29, 0.717) is 11.8 Å². The van der Waals surface area contributed by atoms with Gasteiger partial charge in [-0.3, -0.25) is 0 Å². The van der Waals surface area contributed by atoms with Crippen LogP contribution in [0.25, 0.3) is 0 Å². The molecule has 0 aromatic heterocycles. The van der Waals surface area contributed by atoms with Gasteiger partial charge in [0, 0.05) is 11.8 Å². The summed E-state index contributed by atoms with van der Waals surface area (Å²) in [7, 11) is 0. The zero-order chi connectivity index (χ0) is 17.5. The van der Waals surface area contributed by atoms with Crippen molar-refractivity contribution < 1.29 is 4.74 Å². The Bertz CT molecular complexity index is 356. The zero-order valence-corrected chi connectivity index (χ0v) is 16.3. The lowest BCUT2D eigenvalue weighted by atomic mass is 10.1. The van der Waals surface area contributed by atoms with Crippen molar-refractivity contribution in [3.05, 3.63) is 48.0 Å². The molecule has 0 bridgehead atoms. The molecule has 1 heteroatoms. The van der Waals surface area contributed by atoms with Gasteiger partial charge in [0.15, 0.2) is 0 Å². The fourth-order valence-electron chi connectivity index (χ4n) is 1.99. The number of rotatable bonds is 12. The Kier molecular flexibility index (Phi) is 13.6. The van der Waals surface area contributed by atoms with E-state index in [-0.39, 0.29) is 0 Å². The molecule has 1 nitrogen and oxygen atoms in total. The summed E-state index contributed by atoms with van der Waals surface area (Å²) >= 11 is 0. The fourth-order valence-corrected chi connectivity index (χ4v) is 1.99. The molecular weight excluding hydrogens is 280 g/mol. The first-order valence-electron chi connectivity index (χ1n) is 9.44. The molecule has 132 valence electrons. The average molecular weight is 319 g/mol. The normalized spacial score (nSPS) is 13.9. The Balaban J connectivity index is 4.82. The summed E-state index contributed by atoms with van der Waals surface area (Å²) in [5.41, 5.74) is 0. The molecule has 0 aromatic rings. The van der Waals surface area contributed by atoms with Crippen molar-refractivity contribution in [1.82, 2.24) is 0 Å². The molecule has 0 aliphatic rings. The maximum absolute atomic E-state index is 6.21. The van der Waals surface area contributed by atoms with E-state index in [1.807, 2.05) is 0 Å². The van der Waals surface area contributed by atoms with E-state index < -0.39 is 0 Å². The van der Waals surface area contributed by atoms with Crippen LogP contribution in [0.3, 0.4) is 0 Å². The predicted molar refractivity (Wildman–Crippen MR) is 104 cm³/mol. The highest BCUT2D eigenvalue weighted by atomic mass is 16.5. The summed E-state index contributed by atoms with van der Waals surface area (Å²) in [5.74, 6) is 2.86. The number of hydrogen-bond acceptors (Lipinski definition) is 1. The first kappa shape index (κ1) is 21.8. The maximum Gasteiger partial charge on any atom is 0.106 e. The topological polar surface area (TPSA) is 9.23 Å². The van der Waals surface area contributed by atoms with Crippen molar-refractivity contribution >= 4 is 0 Å². The van der Waals surface area contributed by atoms with Crippen LogP contribution in [0.2, 0.25) is 0 Å². The SMILES string of the molecule is CCCCC=CC=C(OC(=CC=CCCCC)C(C)C)C(C)C. The van der Waals surface area contributed by atoms with Crippen LogP contribution in [0.15, 0.2) is 48.0 Å². The van der Waals surface area contributed by atoms with Crippen molar-refractivity contribution in [2.45, 2.75) is 80.1 Å². The Hall–Kier alpha value is -1.24. The van der Waals surface area contributed by atoms with Crippen LogP contribution in [0.4, 0.5) is 0 Å². The van der Waals surface area contributed by atoms with E-state index in [2.05, 4.69) is 78.0 Å². The number of unbranched alkanes of at least 4 members (excludes halogenated alkanes) is 4. The van der Waals surface area contributed by atoms with Crippen molar-refractivity contribution in [2.75, 3.05) is 0 Å². The van der Waals surface area contributed by atoms with Gasteiger partial charge < -0.3 is 4.74 Å². The number of allylic oxidation sites excluding steroid dienone is 8. The van der Waals surface area contributed by atoms with E-state index in [1.165, 1.54) is 25.7 Å². The highest BCUT2D eigenvalue weighted by molar-refractivity contribution is 5.15. The van der Waals surface area contributed by atoms with Crippen LogP contribution < -0.4 is 0 Å². The van der Waals surface area contributed by atoms with Crippen molar-refractivity contribution in [3.63, 3.8) is 0 Å². The molecule has 0 heterocycles. The van der Waals surface area contributed by atoms with Gasteiger partial charge in [-0.1, -0.05) is 91.5 Å². The summed E-state index contributed by atoms with van der Waals surface area (Å²) < 4.78 is 6.21. The second kappa shape index (κ2) is 14.4. The fraction of sp³-hybridized carbons (Fsp3) is 0.636. The molecule has 0 saturated carbocycles. The third-order valence-corrected chi connectivity index (χ3v) is 3.62. The Morgan fingerprint density at radius 3 is 1.43 bits per heavy atom. The quantitative estimate of drug-likeness (QED) is 0.205. The Morgan fingerprint density at radius 2 is 1.13 bits per heavy atom. The molecule has 0 saturated heterocycles. The molecular formula is C22H38O. The summed E-state index contributed by atoms with van der Waals surface area (Å²) in [6.45, 7) is 13.2. The molecule has 0 spiro atoms. The van der Waals surface area contributed by atoms with Gasteiger partial charge in [-0.15, -0.1) is 0 Å². The summed E-state index contributed by atoms with van der Waals surface area (Å²) in [5, 5.41) is 0. The zero-order valence-electron chi connectivity index (χ0n) is 16.3. The minimum Gasteiger partial charge on any atom is -0.466 e. The molecule has 0 aliphatic carbocycles. The highest BCUT2D eigenvalue weighted by Crippen LogP contribution is 2.21. The standard InChI is InChI=1S/C22H38O/c1-7-9-11-13-15-17-21(19(3)4)23-22(20(5)6)18-16-14-12-10-8-2/h13-20H,7-12H2,1-6H3. The molecule has 0 amide bonds. The summed E-state index contributed by atoms with van der Waals surface area (Å²) in [6.07, 6.45) is 20.3. The largest absolute Gasteiger partial charge is 0.466 e. The van der Waals surface area contributed by atoms with E-state index >= 15 is 0 Å². The predicted octanol–water partition coefficient (Wildman–Crippen LogP) is 7.58. The number of ether oxygens (including phenoxy) is 1. The van der Waals surface area contributed by atoms with Crippen LogP contribution in [-0.4, -0.2) is 0 Å². The lowest BCUT2D eigenvalue weighted by Gasteiger charge is -2.18. The van der Waals surface area contributed by atoms with E-state index in [4.69, 9.17) is 4.74 Å². The first-order valence-corrected chi connectivity index (χ1v) is 9.44. The van der Waals surface area contributed by atoms with E-state index in [1.54, 1.807) is 0 Å². The summed E-state index contributed by atoms with van der Waals surface area (Å²) in [4.78, 5) is 0. The molecule has 0 atom stereocenters. The smallest absolute Gasteiger partial charge is 0.106 e. The minimum absolute atomic E-state index is 0.386. The van der Waals surface area contributed by atoms with Crippen LogP contribution in [0, 0.1) is 11.8 Å². The van der Waals surface area contributed by atoms with Crippen LogP contribution in [0.1, 0.15) is 80.1 Å². The molecule has 0 aromatic carbocycles. The van der Waals surface area contributed by atoms with Gasteiger partial charge in [-0.2, -0.15) is 0 Å². The van der Waals surface area contributed by atoms with Crippen LogP contribution in [-0.2, 0) is 4.74 Å². The van der Waals surface area contributed by atoms with Crippen LogP contribution in [0.5, 0.6) is 0 Å². The van der Waals surface area contributed by atoms with Crippen molar-refractivity contribution in [3.8, 4) is 0 Å². The van der Waals surface area contributed by atoms with Gasteiger partial charge >= 0.3 is 0 Å². The third kappa shape index (κ3) is 11.9. The van der Waals surface area contributed by atoms with Gasteiger partial charge in [-0.25, -0.2) is 0 Å². The van der Waals surface area contributed by atoms with E-state index in [9.17, 15) is 0 Å². The molecule has 23 heavy (non-hydrogen) atoms. The molecule has 0 fully saturated rings. The van der Waals surface area contributed by atoms with Gasteiger partial charge in [0.1, 0.15) is 11.5 Å². The van der Waals surface area contributed by atoms with Gasteiger partial charge in [0.2, 0.25) is 0 Å². The van der Waals surface area contributed by atoms with Gasteiger partial charge in [0.25, 0.3) is 0 Å². The second-order valence-electron chi connectivity index (χ2n) is 6.69. The van der Waals surface area contributed by atoms with Crippen molar-refractivity contribution in [1.29, 1.82) is 0 Å². The molecule has 0 unspecified atom stereocenters. The maximum atomic E-state index is 6.21. The van der Waals surface area contributed by atoms with Gasteiger partial charge in [-0.05, 0) is 25.0 Å². The third-order valence-electron chi connectivity index (χ3n) is 3.62. The Labute approximate surface area is 145 Å². The van der Waals surface area contributed by atoms with Crippen LogP contribution >= 0.6 is 0 Å². The van der Waals surface area contributed by atoms with E-state index in [0.717, 1.165) is 24.4 Å². The minimum atomic E-state index is 0.386. The Morgan fingerprint density at radius 1 is 0.739 bits per heavy atom. The summed E-state index contributed by atoms with van der Waals surface area (Å²) in [6, 6.07) is 0. The molecule has 0 aliphatic heterocycles. The molecule has 0 radical (unpaired) electrons. The molecule has 0 N–H and O–H groups in total. The monoisotopic (exact) mass is 318 g/mol. The first-order chi connectivity index (χ1) is 11.0. The van der Waals surface area contributed by atoms with Crippen molar-refractivity contribution in [2.24, 2.45) is 11.8 Å². The number of hydrogen-bond donors (Lipinski definition) is 0. The average Bonchev–Trinajstić information content (AvgIpc) is 2.51. The molecule has 0 rings (SSSR count). The second-order valence-corrected chi connectivity index (χ2v) is 6.69. The van der Waals surface area contributed by atoms with Gasteiger partial charge in [0.05, 0.1) is 0 Å².